The Morgan fingerprint density at radius 3 is 2.42 bits per heavy atom. The lowest BCUT2D eigenvalue weighted by molar-refractivity contribution is -0.124. The Kier molecular flexibility index (Phi) is 4.59. The van der Waals surface area contributed by atoms with Crippen LogP contribution in [0.15, 0.2) is 42.5 Å². The molecule has 4 nitrogen and oxygen atoms in total. The summed E-state index contributed by atoms with van der Waals surface area (Å²) in [6.07, 6.45) is -0.976. The van der Waals surface area contributed by atoms with Crippen molar-refractivity contribution in [3.63, 3.8) is 0 Å². The summed E-state index contributed by atoms with van der Waals surface area (Å²) in [7, 11) is 0. The van der Waals surface area contributed by atoms with Crippen molar-refractivity contribution in [1.29, 1.82) is 0 Å². The van der Waals surface area contributed by atoms with E-state index in [1.807, 2.05) is 24.3 Å². The van der Waals surface area contributed by atoms with Crippen LogP contribution < -0.4 is 5.73 Å². The topological polar surface area (TPSA) is 66.6 Å². The first kappa shape index (κ1) is 16.5. The Bertz CT molecular complexity index is 746. The van der Waals surface area contributed by atoms with E-state index in [1.54, 1.807) is 4.90 Å². The van der Waals surface area contributed by atoms with Crippen LogP contribution >= 0.6 is 0 Å². The number of amides is 1. The third-order valence-electron chi connectivity index (χ3n) is 4.41. The molecular formula is C18H18F2N2O2. The average Bonchev–Trinajstić information content (AvgIpc) is 2.53. The fourth-order valence-corrected chi connectivity index (χ4v) is 3.19. The highest BCUT2D eigenvalue weighted by Gasteiger charge is 2.32. The van der Waals surface area contributed by atoms with Gasteiger partial charge in [0.1, 0.15) is 11.6 Å². The van der Waals surface area contributed by atoms with Crippen LogP contribution in [-0.4, -0.2) is 28.5 Å². The van der Waals surface area contributed by atoms with Gasteiger partial charge < -0.3 is 10.8 Å². The van der Waals surface area contributed by atoms with E-state index in [-0.39, 0.29) is 12.1 Å². The lowest BCUT2D eigenvalue weighted by Gasteiger charge is -2.36. The number of benzene rings is 2. The molecule has 0 fully saturated rings. The monoisotopic (exact) mass is 332 g/mol. The molecule has 1 aliphatic heterocycles. The second kappa shape index (κ2) is 6.67. The van der Waals surface area contributed by atoms with Gasteiger partial charge in [0, 0.05) is 13.1 Å². The van der Waals surface area contributed by atoms with E-state index in [0.29, 0.717) is 13.0 Å². The van der Waals surface area contributed by atoms with Gasteiger partial charge in [0.25, 0.3) is 0 Å². The van der Waals surface area contributed by atoms with Crippen molar-refractivity contribution >= 4 is 5.91 Å². The van der Waals surface area contributed by atoms with Crippen LogP contribution in [0, 0.1) is 11.6 Å². The SMILES string of the molecule is NC(=O)[C@@H]1Cc2ccccc2CN1CC(O)c1c(F)cccc1F. The molecule has 2 aromatic rings. The molecule has 24 heavy (non-hydrogen) atoms. The van der Waals surface area contributed by atoms with Gasteiger partial charge in [0.05, 0.1) is 17.7 Å². The largest absolute Gasteiger partial charge is 0.387 e. The van der Waals surface area contributed by atoms with Crippen LogP contribution in [0.4, 0.5) is 8.78 Å². The maximum atomic E-state index is 13.8. The predicted octanol–water partition coefficient (Wildman–Crippen LogP) is 1.91. The number of aliphatic hydroxyl groups is 1. The number of β-amino-alcohol motifs (C(OH)–C–C–N with tert-alkyl or cyclic N) is 1. The first-order chi connectivity index (χ1) is 11.5. The number of aliphatic hydroxyl groups excluding tert-OH is 1. The fourth-order valence-electron chi connectivity index (χ4n) is 3.19. The first-order valence-electron chi connectivity index (χ1n) is 7.69. The molecule has 0 saturated carbocycles. The molecule has 1 aliphatic rings. The summed E-state index contributed by atoms with van der Waals surface area (Å²) < 4.78 is 27.7. The zero-order valence-electron chi connectivity index (χ0n) is 13.0. The lowest BCUT2D eigenvalue weighted by Crippen LogP contribution is -2.49. The van der Waals surface area contributed by atoms with Gasteiger partial charge in [-0.15, -0.1) is 0 Å². The van der Waals surface area contributed by atoms with Gasteiger partial charge in [-0.05, 0) is 29.7 Å². The number of hydrogen-bond donors (Lipinski definition) is 2. The molecule has 0 aliphatic carbocycles. The Hall–Kier alpha value is -2.31. The van der Waals surface area contributed by atoms with Crippen LogP contribution in [0.1, 0.15) is 22.8 Å². The van der Waals surface area contributed by atoms with Crippen LogP contribution in [0.5, 0.6) is 0 Å². The van der Waals surface area contributed by atoms with Gasteiger partial charge in [-0.3, -0.25) is 9.69 Å². The number of fused-ring (bicyclic) bond motifs is 1. The minimum atomic E-state index is -1.39. The molecule has 0 saturated heterocycles. The molecule has 2 atom stereocenters. The molecule has 0 spiro atoms. The Morgan fingerprint density at radius 1 is 1.17 bits per heavy atom. The number of carbonyl (C=O) groups is 1. The smallest absolute Gasteiger partial charge is 0.235 e. The van der Waals surface area contributed by atoms with Crippen LogP contribution in [0.3, 0.4) is 0 Å². The first-order valence-corrected chi connectivity index (χ1v) is 7.69. The van der Waals surface area contributed by atoms with Crippen molar-refractivity contribution in [2.45, 2.75) is 25.1 Å². The molecule has 6 heteroatoms. The Labute approximate surface area is 138 Å². The van der Waals surface area contributed by atoms with Gasteiger partial charge in [-0.1, -0.05) is 30.3 Å². The summed E-state index contributed by atoms with van der Waals surface area (Å²) >= 11 is 0. The molecule has 1 heterocycles. The highest BCUT2D eigenvalue weighted by molar-refractivity contribution is 5.80. The zero-order chi connectivity index (χ0) is 17.3. The molecule has 1 unspecified atom stereocenters. The highest BCUT2D eigenvalue weighted by Crippen LogP contribution is 2.27. The van der Waals surface area contributed by atoms with Crippen LogP contribution in [0.2, 0.25) is 0 Å². The van der Waals surface area contributed by atoms with E-state index in [2.05, 4.69) is 0 Å². The molecule has 2 aromatic carbocycles. The van der Waals surface area contributed by atoms with E-state index in [9.17, 15) is 18.7 Å². The van der Waals surface area contributed by atoms with Gasteiger partial charge in [-0.2, -0.15) is 0 Å². The third-order valence-corrected chi connectivity index (χ3v) is 4.41. The van der Waals surface area contributed by atoms with Crippen LogP contribution in [-0.2, 0) is 17.8 Å². The molecule has 3 N–H and O–H groups in total. The zero-order valence-corrected chi connectivity index (χ0v) is 13.0. The molecular weight excluding hydrogens is 314 g/mol. The van der Waals surface area contributed by atoms with Crippen molar-refractivity contribution in [3.05, 3.63) is 70.8 Å². The number of nitrogens with two attached hydrogens (primary N) is 1. The van der Waals surface area contributed by atoms with Gasteiger partial charge in [0.2, 0.25) is 5.91 Å². The molecule has 0 bridgehead atoms. The molecule has 0 radical (unpaired) electrons. The maximum Gasteiger partial charge on any atom is 0.235 e. The normalized spacial score (nSPS) is 18.9. The second-order valence-corrected chi connectivity index (χ2v) is 5.97. The molecule has 1 amide bonds. The number of carbonyl (C=O) groups excluding carboxylic acids is 1. The van der Waals surface area contributed by atoms with Crippen molar-refractivity contribution in [3.8, 4) is 0 Å². The Balaban J connectivity index is 1.86. The van der Waals surface area contributed by atoms with Crippen molar-refractivity contribution in [2.24, 2.45) is 5.73 Å². The summed E-state index contributed by atoms with van der Waals surface area (Å²) in [5.74, 6) is -2.14. The third kappa shape index (κ3) is 3.16. The van der Waals surface area contributed by atoms with E-state index >= 15 is 0 Å². The number of rotatable bonds is 4. The molecule has 3 rings (SSSR count). The van der Waals surface area contributed by atoms with Gasteiger partial charge in [0.15, 0.2) is 0 Å². The predicted molar refractivity (Wildman–Crippen MR) is 84.9 cm³/mol. The average molecular weight is 332 g/mol. The summed E-state index contributed by atoms with van der Waals surface area (Å²) in [5.41, 5.74) is 7.12. The quantitative estimate of drug-likeness (QED) is 0.899. The van der Waals surface area contributed by atoms with E-state index < -0.39 is 29.7 Å². The number of hydrogen-bond acceptors (Lipinski definition) is 3. The molecule has 0 aromatic heterocycles. The Morgan fingerprint density at radius 2 is 1.79 bits per heavy atom. The summed E-state index contributed by atoms with van der Waals surface area (Å²) in [4.78, 5) is 13.4. The second-order valence-electron chi connectivity index (χ2n) is 5.97. The van der Waals surface area contributed by atoms with Crippen molar-refractivity contribution in [1.82, 2.24) is 4.90 Å². The minimum absolute atomic E-state index is 0.0835. The van der Waals surface area contributed by atoms with Crippen molar-refractivity contribution in [2.75, 3.05) is 6.54 Å². The fraction of sp³-hybridized carbons (Fsp3) is 0.278. The number of nitrogens with zero attached hydrogens (tertiary/aromatic N) is 1. The standard InChI is InChI=1S/C18H18F2N2O2/c19-13-6-3-7-14(20)17(13)16(23)10-22-9-12-5-2-1-4-11(12)8-15(22)18(21)24/h1-7,15-16,23H,8-10H2,(H2,21,24)/t15-,16?/m0/s1. The van der Waals surface area contributed by atoms with E-state index in [4.69, 9.17) is 5.73 Å². The summed E-state index contributed by atoms with van der Waals surface area (Å²) in [6, 6.07) is 10.4. The summed E-state index contributed by atoms with van der Waals surface area (Å²) in [5, 5.41) is 10.3. The molecule has 126 valence electrons. The van der Waals surface area contributed by atoms with Gasteiger partial charge in [-0.25, -0.2) is 8.78 Å². The number of halogens is 2. The highest BCUT2D eigenvalue weighted by atomic mass is 19.1. The van der Waals surface area contributed by atoms with Crippen molar-refractivity contribution < 1.29 is 18.7 Å². The number of primary amides is 1. The van der Waals surface area contributed by atoms with Crippen LogP contribution in [0.25, 0.3) is 0 Å². The summed E-state index contributed by atoms with van der Waals surface area (Å²) in [6.45, 7) is 0.302. The van der Waals surface area contributed by atoms with Gasteiger partial charge >= 0.3 is 0 Å². The minimum Gasteiger partial charge on any atom is -0.387 e. The maximum absolute atomic E-state index is 13.8. The van der Waals surface area contributed by atoms with E-state index in [0.717, 1.165) is 23.3 Å². The lowest BCUT2D eigenvalue weighted by atomic mass is 9.93. The van der Waals surface area contributed by atoms with E-state index in [1.165, 1.54) is 6.07 Å².